The van der Waals surface area contributed by atoms with Gasteiger partial charge in [-0.15, -0.1) is 11.5 Å². The lowest BCUT2D eigenvalue weighted by Crippen LogP contribution is -2.49. The Hall–Kier alpha value is -1.73. The minimum atomic E-state index is -1.97. The first-order valence-electron chi connectivity index (χ1n) is 20.9. The third kappa shape index (κ3) is 12.6. The average molecular weight is 775 g/mol. The van der Waals surface area contributed by atoms with E-state index in [1.807, 2.05) is 0 Å². The van der Waals surface area contributed by atoms with Crippen LogP contribution >= 0.6 is 0 Å². The summed E-state index contributed by atoms with van der Waals surface area (Å²) in [4.78, 5) is 0. The van der Waals surface area contributed by atoms with E-state index < -0.39 is 25.4 Å². The number of hydrogen-bond acceptors (Lipinski definition) is 3. The number of hydrogen-bond donors (Lipinski definition) is 0. The Kier molecular flexibility index (Phi) is 16.7. The fraction of sp³-hybridized carbons (Fsp3) is 0.660. The summed E-state index contributed by atoms with van der Waals surface area (Å²) >= 11 is 0. The van der Waals surface area contributed by atoms with E-state index in [9.17, 15) is 0 Å². The van der Waals surface area contributed by atoms with Gasteiger partial charge in [-0.1, -0.05) is 157 Å². The molecule has 1 aliphatic heterocycles. The minimum Gasteiger partial charge on any atom is -0.414 e. The summed E-state index contributed by atoms with van der Waals surface area (Å²) in [5, 5.41) is 2.81. The molecule has 1 saturated heterocycles. The average Bonchev–Trinajstić information content (AvgIpc) is 3.41. The lowest BCUT2D eigenvalue weighted by atomic mass is 9.85. The fourth-order valence-corrected chi connectivity index (χ4v) is 17.8. The maximum Gasteiger partial charge on any atom is 0.240 e. The van der Waals surface area contributed by atoms with Crippen molar-refractivity contribution >= 4 is 35.8 Å². The minimum absolute atomic E-state index is 0.0133. The van der Waals surface area contributed by atoms with E-state index in [2.05, 4.69) is 182 Å². The molecule has 0 bridgehead atoms. The summed E-state index contributed by atoms with van der Waals surface area (Å²) < 4.78 is 21.2. The summed E-state index contributed by atoms with van der Waals surface area (Å²) in [6.45, 7) is 40.1. The molecule has 5 atom stereocenters. The van der Waals surface area contributed by atoms with E-state index in [-0.39, 0.29) is 34.9 Å². The largest absolute Gasteiger partial charge is 0.414 e. The van der Waals surface area contributed by atoms with E-state index in [0.717, 1.165) is 38.5 Å². The van der Waals surface area contributed by atoms with Crippen LogP contribution in [-0.2, 0) is 13.6 Å². The van der Waals surface area contributed by atoms with Crippen LogP contribution in [0.15, 0.2) is 72.8 Å². The highest BCUT2D eigenvalue weighted by Gasteiger charge is 2.43. The highest BCUT2D eigenvalue weighted by Crippen LogP contribution is 2.42. The van der Waals surface area contributed by atoms with Gasteiger partial charge in [-0.05, 0) is 94.6 Å². The topological polar surface area (TPSA) is 27.7 Å². The van der Waals surface area contributed by atoms with Crippen molar-refractivity contribution in [3.8, 4) is 11.5 Å². The van der Waals surface area contributed by atoms with Crippen LogP contribution in [0.2, 0.25) is 34.8 Å². The van der Waals surface area contributed by atoms with Crippen molar-refractivity contribution in [2.24, 2.45) is 11.3 Å². The second-order valence-electron chi connectivity index (χ2n) is 19.8. The molecule has 1 fully saturated rings. The Balaban J connectivity index is 1.72. The molecular formula is C47H78O3Si3. The Morgan fingerprint density at radius 2 is 1.30 bits per heavy atom. The van der Waals surface area contributed by atoms with Gasteiger partial charge in [0.25, 0.3) is 0 Å². The number of benzene rings is 2. The van der Waals surface area contributed by atoms with Crippen LogP contribution < -0.4 is 10.4 Å². The van der Waals surface area contributed by atoms with Crippen molar-refractivity contribution in [3.63, 3.8) is 0 Å². The van der Waals surface area contributed by atoms with Crippen LogP contribution in [0.4, 0.5) is 0 Å². The molecule has 2 aromatic carbocycles. The number of ether oxygens (including phenoxy) is 1. The lowest BCUT2D eigenvalue weighted by Gasteiger charge is -2.40. The van der Waals surface area contributed by atoms with Crippen molar-refractivity contribution in [1.82, 2.24) is 0 Å². The Labute approximate surface area is 331 Å². The molecule has 0 saturated carbocycles. The van der Waals surface area contributed by atoms with Gasteiger partial charge in [0.05, 0.1) is 18.3 Å². The van der Waals surface area contributed by atoms with Gasteiger partial charge in [0.1, 0.15) is 8.07 Å². The molecule has 0 N–H and O–H groups in total. The first kappa shape index (κ1) is 45.7. The van der Waals surface area contributed by atoms with Crippen molar-refractivity contribution in [1.29, 1.82) is 0 Å². The maximum absolute atomic E-state index is 7.21. The van der Waals surface area contributed by atoms with E-state index in [1.165, 1.54) is 15.9 Å². The van der Waals surface area contributed by atoms with Gasteiger partial charge in [-0.3, -0.25) is 0 Å². The second-order valence-corrected chi connectivity index (χ2v) is 32.5. The van der Waals surface area contributed by atoms with Crippen LogP contribution in [0.5, 0.6) is 0 Å². The van der Waals surface area contributed by atoms with Crippen LogP contribution in [0.1, 0.15) is 129 Å². The first-order chi connectivity index (χ1) is 24.6. The Bertz CT molecular complexity index is 1400. The predicted molar refractivity (Wildman–Crippen MR) is 239 cm³/mol. The quantitative estimate of drug-likeness (QED) is 0.0910. The number of rotatable bonds is 17. The van der Waals surface area contributed by atoms with Crippen molar-refractivity contribution < 1.29 is 13.6 Å². The smallest absolute Gasteiger partial charge is 0.240 e. The summed E-state index contributed by atoms with van der Waals surface area (Å²) in [5.41, 5.74) is 7.18. The molecular weight excluding hydrogens is 697 g/mol. The summed E-state index contributed by atoms with van der Waals surface area (Å²) in [5.74, 6) is 4.12. The highest BCUT2D eigenvalue weighted by atomic mass is 28.4. The van der Waals surface area contributed by atoms with Gasteiger partial charge >= 0.3 is 0 Å². The second kappa shape index (κ2) is 19.4. The van der Waals surface area contributed by atoms with E-state index in [1.54, 1.807) is 0 Å². The lowest BCUT2D eigenvalue weighted by molar-refractivity contribution is 0.0152. The zero-order valence-electron chi connectivity index (χ0n) is 36.6. The molecule has 0 spiro atoms. The Morgan fingerprint density at radius 3 is 1.75 bits per heavy atom. The van der Waals surface area contributed by atoms with Gasteiger partial charge in [-0.25, -0.2) is 0 Å². The molecule has 1 unspecified atom stereocenters. The zero-order chi connectivity index (χ0) is 39.8. The van der Waals surface area contributed by atoms with Gasteiger partial charge in [0.2, 0.25) is 9.04 Å². The first-order valence-corrected chi connectivity index (χ1v) is 27.6. The van der Waals surface area contributed by atoms with Gasteiger partial charge in [0, 0.05) is 12.0 Å². The van der Waals surface area contributed by atoms with Crippen molar-refractivity contribution in [2.75, 3.05) is 0 Å². The third-order valence-electron chi connectivity index (χ3n) is 12.6. The molecule has 0 amide bonds. The van der Waals surface area contributed by atoms with Crippen LogP contribution in [-0.4, -0.2) is 49.8 Å². The van der Waals surface area contributed by atoms with Gasteiger partial charge in [0.15, 0.2) is 8.32 Å². The molecule has 1 aliphatic rings. The molecule has 0 aliphatic carbocycles. The molecule has 3 rings (SSSR count). The molecule has 0 radical (unpaired) electrons. The van der Waals surface area contributed by atoms with Gasteiger partial charge < -0.3 is 13.6 Å². The third-order valence-corrected chi connectivity index (χ3v) is 26.0. The monoisotopic (exact) mass is 775 g/mol. The predicted octanol–water partition coefficient (Wildman–Crippen LogP) is 11.9. The van der Waals surface area contributed by atoms with E-state index in [4.69, 9.17) is 13.6 Å². The zero-order valence-corrected chi connectivity index (χ0v) is 39.8. The van der Waals surface area contributed by atoms with Crippen LogP contribution in [0.25, 0.3) is 0 Å². The van der Waals surface area contributed by atoms with Crippen molar-refractivity contribution in [3.05, 3.63) is 72.8 Å². The molecule has 0 aromatic heterocycles. The Morgan fingerprint density at radius 1 is 0.792 bits per heavy atom. The summed E-state index contributed by atoms with van der Waals surface area (Å²) in [6.07, 6.45) is 6.34. The molecule has 296 valence electrons. The molecule has 1 heterocycles. The van der Waals surface area contributed by atoms with Gasteiger partial charge in [-0.2, -0.15) is 0 Å². The molecule has 53 heavy (non-hydrogen) atoms. The maximum atomic E-state index is 7.21. The molecule has 6 heteroatoms. The van der Waals surface area contributed by atoms with Crippen LogP contribution in [0, 0.1) is 22.8 Å². The summed E-state index contributed by atoms with van der Waals surface area (Å²) in [6, 6.07) is 21.7. The molecule has 2 aromatic rings. The normalized spacial score (nSPS) is 19.2. The summed E-state index contributed by atoms with van der Waals surface area (Å²) in [7, 11) is -5.62. The SMILES string of the molecule is C=C1C[C@H](CCC(O[SiH](c2ccccc2)c2ccccc2)C(C)(C)C)O[C@H]1CC[C@H](C[C@@H](C)C#C[Si](C(C)C)(C(C)C)C(C)C)O[Si](C)(C)C(C)(C)C. The van der Waals surface area contributed by atoms with Crippen LogP contribution in [0.3, 0.4) is 0 Å². The highest BCUT2D eigenvalue weighted by molar-refractivity contribution is 6.90. The van der Waals surface area contributed by atoms with E-state index in [0.29, 0.717) is 22.5 Å². The van der Waals surface area contributed by atoms with Crippen molar-refractivity contribution in [2.45, 2.75) is 188 Å². The standard InChI is InChI=1S/C47H78O3Si3/c1-35(2)53(36(3)4,37(5)6)32-31-38(7)33-41(50-52(15,16)47(12,13)14)27-29-44-39(8)34-40(48-44)28-30-45(46(9,10)11)49-51(42-23-19-17-20-24-42)43-25-21-18-22-26-43/h17-26,35-38,40-41,44-45,51H,8,27-30,33-34H2,1-7,9-16H3/t38-,40-,41+,44-,45?/m0/s1. The fourth-order valence-electron chi connectivity index (χ4n) is 8.34. The van der Waals surface area contributed by atoms with E-state index >= 15 is 0 Å². The molecule has 3 nitrogen and oxygen atoms in total.